The molecule has 1 amide bonds. The van der Waals surface area contributed by atoms with E-state index in [1.54, 1.807) is 12.3 Å². The Hall–Kier alpha value is -2.44. The molecular weight excluding hydrogens is 318 g/mol. The fraction of sp³-hybridized carbons (Fsp3) is 0.556. The summed E-state index contributed by atoms with van der Waals surface area (Å²) < 4.78 is 5.32. The molecule has 0 spiro atoms. The summed E-state index contributed by atoms with van der Waals surface area (Å²) in [6.45, 7) is 5.43. The molecule has 0 bridgehead atoms. The van der Waals surface area contributed by atoms with E-state index in [4.69, 9.17) is 4.52 Å². The Balaban J connectivity index is 1.74. The normalized spacial score (nSPS) is 17.8. The van der Waals surface area contributed by atoms with Crippen LogP contribution in [0.5, 0.6) is 0 Å². The van der Waals surface area contributed by atoms with Gasteiger partial charge in [-0.1, -0.05) is 19.0 Å². The number of carbonyl (C=O) groups excluding carboxylic acids is 1. The second-order valence-electron chi connectivity index (χ2n) is 7.03. The predicted molar refractivity (Wildman–Crippen MR) is 94.8 cm³/mol. The average Bonchev–Trinajstić information content (AvgIpc) is 3.12. The van der Waals surface area contributed by atoms with E-state index in [0.717, 1.165) is 25.2 Å². The quantitative estimate of drug-likeness (QED) is 0.849. The number of likely N-dealkylation sites (tertiary alicyclic amines) is 1. The van der Waals surface area contributed by atoms with Crippen LogP contribution in [-0.4, -0.2) is 53.1 Å². The summed E-state index contributed by atoms with van der Waals surface area (Å²) in [6, 6.07) is 3.60. The number of aromatic nitrogens is 3. The van der Waals surface area contributed by atoms with Crippen molar-refractivity contribution >= 4 is 11.7 Å². The molecule has 1 aliphatic heterocycles. The van der Waals surface area contributed by atoms with Crippen molar-refractivity contribution in [2.45, 2.75) is 38.5 Å². The van der Waals surface area contributed by atoms with E-state index in [9.17, 15) is 4.79 Å². The van der Waals surface area contributed by atoms with Gasteiger partial charge in [-0.05, 0) is 25.0 Å². The standard InChI is InChI=1S/C18H25N5O2/c1-12(2)17-20-16(21-25-17)14-6-5-9-23(11-14)18(24)13-7-8-19-15(10-13)22(3)4/h7-8,10,12,14H,5-6,9,11H2,1-4H3/t14-/m1/s1. The van der Waals surface area contributed by atoms with Gasteiger partial charge in [0.15, 0.2) is 5.82 Å². The van der Waals surface area contributed by atoms with Gasteiger partial charge in [0.2, 0.25) is 5.89 Å². The van der Waals surface area contributed by atoms with Crippen LogP contribution in [0.25, 0.3) is 0 Å². The molecule has 1 aliphatic rings. The van der Waals surface area contributed by atoms with Crippen LogP contribution in [0.2, 0.25) is 0 Å². The molecule has 2 aromatic heterocycles. The van der Waals surface area contributed by atoms with Gasteiger partial charge in [0.25, 0.3) is 5.91 Å². The molecule has 1 saturated heterocycles. The highest BCUT2D eigenvalue weighted by molar-refractivity contribution is 5.95. The van der Waals surface area contributed by atoms with Crippen LogP contribution in [-0.2, 0) is 0 Å². The number of hydrogen-bond donors (Lipinski definition) is 0. The van der Waals surface area contributed by atoms with Crippen LogP contribution in [0.15, 0.2) is 22.9 Å². The van der Waals surface area contributed by atoms with Gasteiger partial charge in [-0.15, -0.1) is 0 Å². The Morgan fingerprint density at radius 1 is 1.40 bits per heavy atom. The van der Waals surface area contributed by atoms with Gasteiger partial charge in [-0.25, -0.2) is 4.98 Å². The molecule has 0 aromatic carbocycles. The van der Waals surface area contributed by atoms with Gasteiger partial charge in [-0.3, -0.25) is 4.79 Å². The molecule has 2 aromatic rings. The topological polar surface area (TPSA) is 75.4 Å². The van der Waals surface area contributed by atoms with Gasteiger partial charge >= 0.3 is 0 Å². The highest BCUT2D eigenvalue weighted by Crippen LogP contribution is 2.27. The highest BCUT2D eigenvalue weighted by Gasteiger charge is 2.29. The number of anilines is 1. The number of piperidine rings is 1. The van der Waals surface area contributed by atoms with Crippen LogP contribution in [0.3, 0.4) is 0 Å². The molecule has 0 saturated carbocycles. The van der Waals surface area contributed by atoms with Gasteiger partial charge in [-0.2, -0.15) is 4.98 Å². The molecule has 1 atom stereocenters. The van der Waals surface area contributed by atoms with Crippen molar-refractivity contribution in [3.05, 3.63) is 35.6 Å². The van der Waals surface area contributed by atoms with Gasteiger partial charge in [0.1, 0.15) is 5.82 Å². The van der Waals surface area contributed by atoms with E-state index in [1.807, 2.05) is 43.8 Å². The lowest BCUT2D eigenvalue weighted by molar-refractivity contribution is 0.0703. The minimum Gasteiger partial charge on any atom is -0.363 e. The number of rotatable bonds is 4. The van der Waals surface area contributed by atoms with Crippen LogP contribution >= 0.6 is 0 Å². The van der Waals surface area contributed by atoms with Crippen molar-refractivity contribution in [2.24, 2.45) is 0 Å². The van der Waals surface area contributed by atoms with E-state index in [2.05, 4.69) is 15.1 Å². The summed E-state index contributed by atoms with van der Waals surface area (Å²) in [6.07, 6.45) is 3.59. The van der Waals surface area contributed by atoms with Crippen molar-refractivity contribution in [1.29, 1.82) is 0 Å². The molecule has 3 heterocycles. The lowest BCUT2D eigenvalue weighted by Gasteiger charge is -2.31. The lowest BCUT2D eigenvalue weighted by Crippen LogP contribution is -2.39. The third-order valence-electron chi connectivity index (χ3n) is 4.48. The van der Waals surface area contributed by atoms with E-state index in [1.165, 1.54) is 0 Å². The Morgan fingerprint density at radius 3 is 2.88 bits per heavy atom. The zero-order valence-corrected chi connectivity index (χ0v) is 15.3. The number of hydrogen-bond acceptors (Lipinski definition) is 6. The first-order valence-corrected chi connectivity index (χ1v) is 8.72. The SMILES string of the molecule is CC(C)c1nc([C@@H]2CCCN(C(=O)c3ccnc(N(C)C)c3)C2)no1. The Bertz CT molecular complexity index is 741. The molecule has 7 nitrogen and oxygen atoms in total. The summed E-state index contributed by atoms with van der Waals surface area (Å²) >= 11 is 0. The van der Waals surface area contributed by atoms with Crippen LogP contribution in [0.1, 0.15) is 60.6 Å². The third kappa shape index (κ3) is 3.81. The summed E-state index contributed by atoms with van der Waals surface area (Å²) in [5.74, 6) is 2.52. The second-order valence-corrected chi connectivity index (χ2v) is 7.03. The molecule has 3 rings (SSSR count). The van der Waals surface area contributed by atoms with E-state index < -0.39 is 0 Å². The van der Waals surface area contributed by atoms with Crippen molar-refractivity contribution in [1.82, 2.24) is 20.0 Å². The van der Waals surface area contributed by atoms with Crippen molar-refractivity contribution < 1.29 is 9.32 Å². The number of carbonyl (C=O) groups is 1. The summed E-state index contributed by atoms with van der Waals surface area (Å²) in [5.41, 5.74) is 0.662. The van der Waals surface area contributed by atoms with Gasteiger partial charge in [0, 0.05) is 50.8 Å². The molecule has 0 aliphatic carbocycles. The van der Waals surface area contributed by atoms with E-state index in [0.29, 0.717) is 23.8 Å². The van der Waals surface area contributed by atoms with Crippen LogP contribution in [0.4, 0.5) is 5.82 Å². The minimum atomic E-state index is 0.0303. The third-order valence-corrected chi connectivity index (χ3v) is 4.48. The fourth-order valence-electron chi connectivity index (χ4n) is 3.00. The summed E-state index contributed by atoms with van der Waals surface area (Å²) in [7, 11) is 3.83. The van der Waals surface area contributed by atoms with Crippen molar-refractivity contribution in [3.8, 4) is 0 Å². The maximum absolute atomic E-state index is 12.9. The monoisotopic (exact) mass is 343 g/mol. The summed E-state index contributed by atoms with van der Waals surface area (Å²) in [5, 5.41) is 4.12. The lowest BCUT2D eigenvalue weighted by atomic mass is 9.96. The van der Waals surface area contributed by atoms with Crippen molar-refractivity contribution in [2.75, 3.05) is 32.1 Å². The zero-order valence-electron chi connectivity index (χ0n) is 15.3. The maximum atomic E-state index is 12.9. The van der Waals surface area contributed by atoms with E-state index in [-0.39, 0.29) is 17.7 Å². The zero-order chi connectivity index (χ0) is 18.0. The Kier molecular flexibility index (Phi) is 5.01. The second kappa shape index (κ2) is 7.21. The molecular formula is C18H25N5O2. The molecule has 0 N–H and O–H groups in total. The Morgan fingerprint density at radius 2 is 2.20 bits per heavy atom. The van der Waals surface area contributed by atoms with Crippen LogP contribution < -0.4 is 4.90 Å². The molecule has 25 heavy (non-hydrogen) atoms. The molecule has 0 unspecified atom stereocenters. The first kappa shape index (κ1) is 17.4. The minimum absolute atomic E-state index is 0.0303. The summed E-state index contributed by atoms with van der Waals surface area (Å²) in [4.78, 5) is 25.4. The molecule has 0 radical (unpaired) electrons. The predicted octanol–water partition coefficient (Wildman–Crippen LogP) is 2.67. The smallest absolute Gasteiger partial charge is 0.254 e. The number of nitrogens with zero attached hydrogens (tertiary/aromatic N) is 5. The molecule has 134 valence electrons. The first-order valence-electron chi connectivity index (χ1n) is 8.72. The van der Waals surface area contributed by atoms with Crippen LogP contribution in [0, 0.1) is 0 Å². The highest BCUT2D eigenvalue weighted by atomic mass is 16.5. The average molecular weight is 343 g/mol. The first-order chi connectivity index (χ1) is 12.0. The molecule has 1 fully saturated rings. The molecule has 7 heteroatoms. The fourth-order valence-corrected chi connectivity index (χ4v) is 3.00. The van der Waals surface area contributed by atoms with Gasteiger partial charge in [0.05, 0.1) is 0 Å². The number of amides is 1. The number of pyridine rings is 1. The van der Waals surface area contributed by atoms with Gasteiger partial charge < -0.3 is 14.3 Å². The van der Waals surface area contributed by atoms with E-state index >= 15 is 0 Å². The largest absolute Gasteiger partial charge is 0.363 e. The maximum Gasteiger partial charge on any atom is 0.254 e. The Labute approximate surface area is 148 Å². The van der Waals surface area contributed by atoms with Crippen molar-refractivity contribution in [3.63, 3.8) is 0 Å².